The minimum absolute atomic E-state index is 0.425. The molecule has 0 aromatic heterocycles. The van der Waals surface area contributed by atoms with Crippen molar-refractivity contribution in [1.82, 2.24) is 0 Å². The van der Waals surface area contributed by atoms with E-state index in [2.05, 4.69) is 34.2 Å². The van der Waals surface area contributed by atoms with E-state index >= 15 is 0 Å². The molecule has 1 heterocycles. The lowest BCUT2D eigenvalue weighted by Crippen LogP contribution is -2.30. The number of nitrogens with zero attached hydrogens (tertiary/aromatic N) is 1. The summed E-state index contributed by atoms with van der Waals surface area (Å²) >= 11 is 3.41. The second-order valence-corrected chi connectivity index (χ2v) is 5.54. The molecular formula is C14H17BrN2O. The molecule has 4 heteroatoms. The lowest BCUT2D eigenvalue weighted by atomic mass is 9.93. The van der Waals surface area contributed by atoms with Gasteiger partial charge in [0, 0.05) is 29.4 Å². The molecule has 0 amide bonds. The van der Waals surface area contributed by atoms with Gasteiger partial charge in [0.2, 0.25) is 0 Å². The highest BCUT2D eigenvalue weighted by Gasteiger charge is 2.20. The minimum Gasteiger partial charge on any atom is -0.382 e. The second-order valence-electron chi connectivity index (χ2n) is 4.69. The monoisotopic (exact) mass is 308 g/mol. The molecule has 1 fully saturated rings. The molecule has 0 aliphatic carbocycles. The molecule has 1 unspecified atom stereocenters. The average molecular weight is 309 g/mol. The van der Waals surface area contributed by atoms with Gasteiger partial charge in [-0.3, -0.25) is 0 Å². The molecule has 0 spiro atoms. The topological polar surface area (TPSA) is 45.0 Å². The van der Waals surface area contributed by atoms with Gasteiger partial charge in [-0.1, -0.05) is 0 Å². The fraction of sp³-hybridized carbons (Fsp3) is 0.500. The summed E-state index contributed by atoms with van der Waals surface area (Å²) in [4.78, 5) is 0. The van der Waals surface area contributed by atoms with Crippen LogP contribution in [0, 0.1) is 17.2 Å². The Balaban J connectivity index is 2.00. The molecule has 1 aliphatic heterocycles. The zero-order valence-electron chi connectivity index (χ0n) is 10.4. The second kappa shape index (κ2) is 6.21. The third-order valence-corrected chi connectivity index (χ3v) is 4.11. The van der Waals surface area contributed by atoms with Crippen LogP contribution in [0.15, 0.2) is 22.7 Å². The van der Waals surface area contributed by atoms with Crippen molar-refractivity contribution >= 4 is 21.6 Å². The quantitative estimate of drug-likeness (QED) is 0.929. The van der Waals surface area contributed by atoms with Crippen molar-refractivity contribution in [3.8, 4) is 6.07 Å². The van der Waals surface area contributed by atoms with Gasteiger partial charge in [0.25, 0.3) is 0 Å². The summed E-state index contributed by atoms with van der Waals surface area (Å²) in [7, 11) is 0. The van der Waals surface area contributed by atoms with Crippen LogP contribution < -0.4 is 5.32 Å². The smallest absolute Gasteiger partial charge is 0.100 e. The fourth-order valence-electron chi connectivity index (χ4n) is 2.29. The van der Waals surface area contributed by atoms with E-state index in [0.29, 0.717) is 17.5 Å². The van der Waals surface area contributed by atoms with E-state index in [4.69, 9.17) is 10.00 Å². The van der Waals surface area contributed by atoms with Crippen molar-refractivity contribution in [3.63, 3.8) is 0 Å². The van der Waals surface area contributed by atoms with E-state index in [1.165, 1.54) is 0 Å². The third kappa shape index (κ3) is 3.24. The van der Waals surface area contributed by atoms with Gasteiger partial charge in [-0.25, -0.2) is 0 Å². The molecule has 0 saturated carbocycles. The molecule has 0 bridgehead atoms. The van der Waals surface area contributed by atoms with Crippen LogP contribution in [-0.4, -0.2) is 19.3 Å². The minimum atomic E-state index is 0.425. The Bertz CT molecular complexity index is 450. The molecular weight excluding hydrogens is 292 g/mol. The number of anilines is 1. The van der Waals surface area contributed by atoms with Gasteiger partial charge in [-0.2, -0.15) is 5.26 Å². The number of ether oxygens (including phenoxy) is 1. The first-order chi connectivity index (χ1) is 8.70. The lowest BCUT2D eigenvalue weighted by Gasteiger charge is -2.29. The molecule has 18 heavy (non-hydrogen) atoms. The molecule has 96 valence electrons. The average Bonchev–Trinajstić information content (AvgIpc) is 2.40. The Hall–Kier alpha value is -1.05. The van der Waals surface area contributed by atoms with E-state index in [0.717, 1.165) is 36.2 Å². The summed E-state index contributed by atoms with van der Waals surface area (Å²) in [6, 6.07) is 8.33. The van der Waals surface area contributed by atoms with Crippen molar-refractivity contribution in [2.75, 3.05) is 18.5 Å². The van der Waals surface area contributed by atoms with Gasteiger partial charge in [-0.15, -0.1) is 0 Å². The maximum absolute atomic E-state index is 8.88. The Morgan fingerprint density at radius 2 is 2.17 bits per heavy atom. The van der Waals surface area contributed by atoms with Crippen LogP contribution in [0.4, 0.5) is 5.69 Å². The molecule has 1 aromatic carbocycles. The predicted octanol–water partition coefficient (Wildman–Crippen LogP) is 3.55. The zero-order chi connectivity index (χ0) is 13.0. The highest BCUT2D eigenvalue weighted by atomic mass is 79.9. The summed E-state index contributed by atoms with van der Waals surface area (Å²) < 4.78 is 6.22. The number of hydrogen-bond donors (Lipinski definition) is 1. The molecule has 1 aromatic rings. The largest absolute Gasteiger partial charge is 0.382 e. The van der Waals surface area contributed by atoms with Crippen molar-refractivity contribution in [1.29, 1.82) is 5.26 Å². The van der Waals surface area contributed by atoms with Gasteiger partial charge in [0.15, 0.2) is 0 Å². The molecule has 1 aliphatic rings. The Labute approximate surface area is 116 Å². The van der Waals surface area contributed by atoms with E-state index < -0.39 is 0 Å². The first kappa shape index (κ1) is 13.4. The van der Waals surface area contributed by atoms with Crippen LogP contribution in [0.25, 0.3) is 0 Å². The molecule has 0 radical (unpaired) electrons. The van der Waals surface area contributed by atoms with Crippen LogP contribution >= 0.6 is 15.9 Å². The molecule has 1 atom stereocenters. The van der Waals surface area contributed by atoms with Crippen molar-refractivity contribution in [2.45, 2.75) is 25.8 Å². The van der Waals surface area contributed by atoms with Crippen molar-refractivity contribution in [2.24, 2.45) is 5.92 Å². The van der Waals surface area contributed by atoms with Crippen LogP contribution in [-0.2, 0) is 4.74 Å². The summed E-state index contributed by atoms with van der Waals surface area (Å²) in [6.07, 6.45) is 2.23. The van der Waals surface area contributed by atoms with Crippen LogP contribution in [0.3, 0.4) is 0 Å². The highest BCUT2D eigenvalue weighted by molar-refractivity contribution is 9.10. The molecule has 3 nitrogen and oxygen atoms in total. The van der Waals surface area contributed by atoms with Gasteiger partial charge in [-0.05, 0) is 59.8 Å². The van der Waals surface area contributed by atoms with E-state index in [-0.39, 0.29) is 0 Å². The summed E-state index contributed by atoms with van der Waals surface area (Å²) in [5.41, 5.74) is 1.72. The Morgan fingerprint density at radius 3 is 2.78 bits per heavy atom. The summed E-state index contributed by atoms with van der Waals surface area (Å²) in [5.74, 6) is 0.660. The fourth-order valence-corrected chi connectivity index (χ4v) is 2.76. The SMILES string of the molecule is CC(Nc1ccc(C#N)c(Br)c1)C1CCOCC1. The number of rotatable bonds is 3. The number of hydrogen-bond acceptors (Lipinski definition) is 3. The van der Waals surface area contributed by atoms with Gasteiger partial charge >= 0.3 is 0 Å². The maximum Gasteiger partial charge on any atom is 0.100 e. The molecule has 1 N–H and O–H groups in total. The number of nitrogens with one attached hydrogen (secondary N) is 1. The van der Waals surface area contributed by atoms with E-state index in [1.54, 1.807) is 0 Å². The zero-order valence-corrected chi connectivity index (χ0v) is 12.0. The normalized spacial score (nSPS) is 18.1. The van der Waals surface area contributed by atoms with Crippen molar-refractivity contribution in [3.05, 3.63) is 28.2 Å². The first-order valence-electron chi connectivity index (χ1n) is 6.24. The predicted molar refractivity (Wildman–Crippen MR) is 75.5 cm³/mol. The number of benzene rings is 1. The summed E-state index contributed by atoms with van der Waals surface area (Å²) in [6.45, 7) is 3.95. The van der Waals surface area contributed by atoms with Crippen LogP contribution in [0.1, 0.15) is 25.3 Å². The standard InChI is InChI=1S/C14H17BrN2O/c1-10(11-4-6-18-7-5-11)17-13-3-2-12(9-16)14(15)8-13/h2-3,8,10-11,17H,4-7H2,1H3. The van der Waals surface area contributed by atoms with Gasteiger partial charge < -0.3 is 10.1 Å². The van der Waals surface area contributed by atoms with Crippen molar-refractivity contribution < 1.29 is 4.74 Å². The van der Waals surface area contributed by atoms with Crippen LogP contribution in [0.2, 0.25) is 0 Å². The first-order valence-corrected chi connectivity index (χ1v) is 7.04. The highest BCUT2D eigenvalue weighted by Crippen LogP contribution is 2.25. The van der Waals surface area contributed by atoms with E-state index in [9.17, 15) is 0 Å². The molecule has 1 saturated heterocycles. The van der Waals surface area contributed by atoms with Gasteiger partial charge in [0.05, 0.1) is 5.56 Å². The maximum atomic E-state index is 8.88. The van der Waals surface area contributed by atoms with Gasteiger partial charge in [0.1, 0.15) is 6.07 Å². The Kier molecular flexibility index (Phi) is 4.62. The van der Waals surface area contributed by atoms with Crippen LogP contribution in [0.5, 0.6) is 0 Å². The third-order valence-electron chi connectivity index (χ3n) is 3.46. The number of nitriles is 1. The number of halogens is 1. The summed E-state index contributed by atoms with van der Waals surface area (Å²) in [5, 5.41) is 12.4. The Morgan fingerprint density at radius 1 is 1.44 bits per heavy atom. The lowest BCUT2D eigenvalue weighted by molar-refractivity contribution is 0.0622. The van der Waals surface area contributed by atoms with E-state index in [1.807, 2.05) is 18.2 Å². The molecule has 2 rings (SSSR count).